The summed E-state index contributed by atoms with van der Waals surface area (Å²) in [4.78, 5) is 7.81. The van der Waals surface area contributed by atoms with Gasteiger partial charge in [-0.05, 0) is 12.1 Å². The summed E-state index contributed by atoms with van der Waals surface area (Å²) < 4.78 is 26.1. The fourth-order valence-electron chi connectivity index (χ4n) is 1.12. The first-order chi connectivity index (χ1) is 8.11. The quantitative estimate of drug-likeness (QED) is 0.824. The van der Waals surface area contributed by atoms with E-state index < -0.39 is 15.2 Å². The Hall–Kier alpha value is -1.67. The summed E-state index contributed by atoms with van der Waals surface area (Å²) in [6.45, 7) is 0. The number of anilines is 1. The second-order valence-electron chi connectivity index (χ2n) is 3.07. The van der Waals surface area contributed by atoms with Crippen LogP contribution in [0.3, 0.4) is 0 Å². The van der Waals surface area contributed by atoms with E-state index in [1.807, 2.05) is 0 Å². The Morgan fingerprint density at radius 2 is 2.24 bits per heavy atom. The molecule has 1 N–H and O–H groups in total. The molecular formula is C8H8ClN5O2S. The number of nitrogens with one attached hydrogen (secondary N) is 1. The highest BCUT2D eigenvalue weighted by atomic mass is 35.5. The summed E-state index contributed by atoms with van der Waals surface area (Å²) in [5, 5.41) is 3.39. The minimum Gasteiger partial charge on any atom is -0.281 e. The largest absolute Gasteiger partial charge is 0.281 e. The number of halogens is 1. The molecule has 2 aromatic rings. The first-order valence-corrected chi connectivity index (χ1v) is 6.67. The van der Waals surface area contributed by atoms with Gasteiger partial charge in [-0.3, -0.25) is 4.72 Å². The molecule has 0 saturated heterocycles. The maximum absolute atomic E-state index is 11.2. The number of hydrogen-bond donors (Lipinski definition) is 1. The van der Waals surface area contributed by atoms with Crippen LogP contribution in [0.4, 0.5) is 5.69 Å². The van der Waals surface area contributed by atoms with Crippen molar-refractivity contribution in [2.45, 2.75) is 0 Å². The highest BCUT2D eigenvalue weighted by Gasteiger charge is 2.08. The van der Waals surface area contributed by atoms with E-state index in [9.17, 15) is 8.42 Å². The molecule has 0 aliphatic carbocycles. The molecule has 0 aromatic carbocycles. The van der Waals surface area contributed by atoms with Crippen LogP contribution in [0.25, 0.3) is 5.82 Å². The Balaban J connectivity index is 2.19. The average Bonchev–Trinajstić information content (AvgIpc) is 2.83. The molecule has 17 heavy (non-hydrogen) atoms. The van der Waals surface area contributed by atoms with Crippen LogP contribution in [0.2, 0.25) is 0 Å². The summed E-state index contributed by atoms with van der Waals surface area (Å²) in [5.74, 6) is 0.538. The van der Waals surface area contributed by atoms with Crippen LogP contribution in [0.5, 0.6) is 0 Å². The van der Waals surface area contributed by atoms with Gasteiger partial charge in [0.2, 0.25) is 10.0 Å². The normalized spacial score (nSPS) is 11.4. The molecule has 0 saturated carbocycles. The maximum Gasteiger partial charge on any atom is 0.246 e. The molecule has 0 atom stereocenters. The zero-order valence-electron chi connectivity index (χ0n) is 8.49. The number of nitrogens with zero attached hydrogens (tertiary/aromatic N) is 4. The second-order valence-corrected chi connectivity index (χ2v) is 5.38. The first kappa shape index (κ1) is 11.8. The molecule has 2 rings (SSSR count). The maximum atomic E-state index is 11.2. The second kappa shape index (κ2) is 4.68. The van der Waals surface area contributed by atoms with Crippen LogP contribution in [-0.2, 0) is 10.0 Å². The molecule has 0 fully saturated rings. The lowest BCUT2D eigenvalue weighted by molar-refractivity contribution is 0.605. The molecule has 0 radical (unpaired) electrons. The van der Waals surface area contributed by atoms with E-state index in [1.165, 1.54) is 23.5 Å². The van der Waals surface area contributed by atoms with E-state index in [-0.39, 0.29) is 0 Å². The Kier molecular flexibility index (Phi) is 3.25. The van der Waals surface area contributed by atoms with Crippen molar-refractivity contribution < 1.29 is 8.42 Å². The minimum absolute atomic E-state index is 0.342. The van der Waals surface area contributed by atoms with E-state index in [1.54, 1.807) is 12.1 Å². The highest BCUT2D eigenvalue weighted by Crippen LogP contribution is 2.10. The SMILES string of the molecule is O=S(=O)(CCl)Nc1ccc(-n2cncn2)nc1. The Morgan fingerprint density at radius 1 is 1.41 bits per heavy atom. The molecule has 0 amide bonds. The Morgan fingerprint density at radius 3 is 2.76 bits per heavy atom. The van der Waals surface area contributed by atoms with Crippen molar-refractivity contribution in [3.05, 3.63) is 31.0 Å². The molecule has 7 nitrogen and oxygen atoms in total. The molecule has 9 heteroatoms. The van der Waals surface area contributed by atoms with E-state index in [0.717, 1.165) is 0 Å². The number of aromatic nitrogens is 4. The fourth-order valence-corrected chi connectivity index (χ4v) is 1.81. The first-order valence-electron chi connectivity index (χ1n) is 4.48. The van der Waals surface area contributed by atoms with Gasteiger partial charge in [0.05, 0.1) is 11.9 Å². The van der Waals surface area contributed by atoms with Crippen molar-refractivity contribution in [3.8, 4) is 5.82 Å². The van der Waals surface area contributed by atoms with Gasteiger partial charge in [-0.1, -0.05) is 0 Å². The van der Waals surface area contributed by atoms with Crippen LogP contribution in [0, 0.1) is 0 Å². The van der Waals surface area contributed by atoms with Crippen molar-refractivity contribution in [1.29, 1.82) is 0 Å². The average molecular weight is 274 g/mol. The lowest BCUT2D eigenvalue weighted by Crippen LogP contribution is -2.13. The topological polar surface area (TPSA) is 89.8 Å². The molecule has 0 bridgehead atoms. The lowest BCUT2D eigenvalue weighted by Gasteiger charge is -2.05. The van der Waals surface area contributed by atoms with Crippen molar-refractivity contribution >= 4 is 27.3 Å². The fraction of sp³-hybridized carbons (Fsp3) is 0.125. The molecule has 0 aliphatic heterocycles. The van der Waals surface area contributed by atoms with Gasteiger partial charge in [0.1, 0.15) is 17.9 Å². The summed E-state index contributed by atoms with van der Waals surface area (Å²) in [6.07, 6.45) is 4.25. The third kappa shape index (κ3) is 2.92. The zero-order valence-corrected chi connectivity index (χ0v) is 10.1. The van der Waals surface area contributed by atoms with E-state index >= 15 is 0 Å². The van der Waals surface area contributed by atoms with Crippen molar-refractivity contribution in [2.24, 2.45) is 0 Å². The zero-order chi connectivity index (χ0) is 12.3. The Bertz CT molecular complexity index is 581. The molecule has 2 heterocycles. The number of alkyl halides is 1. The van der Waals surface area contributed by atoms with E-state index in [2.05, 4.69) is 19.8 Å². The summed E-state index contributed by atoms with van der Waals surface area (Å²) >= 11 is 5.26. The predicted molar refractivity (Wildman–Crippen MR) is 62.4 cm³/mol. The van der Waals surface area contributed by atoms with Crippen molar-refractivity contribution in [2.75, 3.05) is 9.93 Å². The van der Waals surface area contributed by atoms with E-state index in [4.69, 9.17) is 11.6 Å². The van der Waals surface area contributed by atoms with Crippen molar-refractivity contribution in [3.63, 3.8) is 0 Å². The van der Waals surface area contributed by atoms with Crippen LogP contribution >= 0.6 is 11.6 Å². The summed E-state index contributed by atoms with van der Waals surface area (Å²) in [6, 6.07) is 3.18. The molecular weight excluding hydrogens is 266 g/mol. The molecule has 0 unspecified atom stereocenters. The van der Waals surface area contributed by atoms with Crippen molar-refractivity contribution in [1.82, 2.24) is 19.7 Å². The van der Waals surface area contributed by atoms with E-state index in [0.29, 0.717) is 11.5 Å². The smallest absolute Gasteiger partial charge is 0.246 e. The summed E-state index contributed by atoms with van der Waals surface area (Å²) in [5.41, 5.74) is 0.342. The third-order valence-electron chi connectivity index (χ3n) is 1.82. The third-order valence-corrected chi connectivity index (χ3v) is 3.51. The molecule has 2 aromatic heterocycles. The monoisotopic (exact) mass is 273 g/mol. The standard InChI is InChI=1S/C8H8ClN5O2S/c9-4-17(15,16)13-7-1-2-8(11-3-7)14-6-10-5-12-14/h1-3,5-6,13H,4H2. The van der Waals surface area contributed by atoms with Crippen LogP contribution in [0.1, 0.15) is 0 Å². The van der Waals surface area contributed by atoms with Crippen LogP contribution in [0.15, 0.2) is 31.0 Å². The minimum atomic E-state index is -3.50. The van der Waals surface area contributed by atoms with Gasteiger partial charge in [0.15, 0.2) is 5.82 Å². The van der Waals surface area contributed by atoms with Gasteiger partial charge in [-0.25, -0.2) is 23.1 Å². The lowest BCUT2D eigenvalue weighted by atomic mass is 10.4. The van der Waals surface area contributed by atoms with Gasteiger partial charge >= 0.3 is 0 Å². The molecule has 0 spiro atoms. The molecule has 0 aliphatic rings. The highest BCUT2D eigenvalue weighted by molar-refractivity contribution is 7.93. The van der Waals surface area contributed by atoms with Gasteiger partial charge in [-0.2, -0.15) is 5.10 Å². The summed E-state index contributed by atoms with van der Waals surface area (Å²) in [7, 11) is -3.50. The van der Waals surface area contributed by atoms with Gasteiger partial charge in [0, 0.05) is 0 Å². The van der Waals surface area contributed by atoms with Gasteiger partial charge in [-0.15, -0.1) is 11.6 Å². The number of hydrogen-bond acceptors (Lipinski definition) is 5. The predicted octanol–water partition coefficient (Wildman–Crippen LogP) is 0.600. The molecule has 90 valence electrons. The van der Waals surface area contributed by atoms with Gasteiger partial charge < -0.3 is 0 Å². The van der Waals surface area contributed by atoms with Crippen LogP contribution in [-0.4, -0.2) is 33.4 Å². The van der Waals surface area contributed by atoms with Gasteiger partial charge in [0.25, 0.3) is 0 Å². The number of pyridine rings is 1. The number of rotatable bonds is 4. The van der Waals surface area contributed by atoms with Crippen LogP contribution < -0.4 is 4.72 Å². The Labute approximate surface area is 103 Å². The number of sulfonamides is 1.